The molecule has 17 heteroatoms. The molecule has 3 aliphatic rings. The number of amides is 2. The summed E-state index contributed by atoms with van der Waals surface area (Å²) in [7, 11) is -3.32. The van der Waals surface area contributed by atoms with Gasteiger partial charge < -0.3 is 44.6 Å². The number of aromatic nitrogens is 2. The molecule has 1 saturated heterocycles. The zero-order chi connectivity index (χ0) is 39.9. The molecule has 3 aromatic rings. The number of nitrogens with one attached hydrogen (secondary N) is 3. The van der Waals surface area contributed by atoms with Crippen molar-refractivity contribution in [3.05, 3.63) is 47.5 Å². The number of hydrogen-bond acceptors (Lipinski definition) is 12. The number of anilines is 1. The van der Waals surface area contributed by atoms with Gasteiger partial charge in [-0.05, 0) is 44.2 Å². The molecule has 55 heavy (non-hydrogen) atoms. The molecule has 6 N–H and O–H groups in total. The summed E-state index contributed by atoms with van der Waals surface area (Å²) in [5.74, 6) is -0.249. The van der Waals surface area contributed by atoms with Crippen LogP contribution >= 0.6 is 18.9 Å². The van der Waals surface area contributed by atoms with E-state index in [-0.39, 0.29) is 37.1 Å². The minimum Gasteiger partial charge on any atom is -0.497 e. The van der Waals surface area contributed by atoms with Crippen LogP contribution in [-0.2, 0) is 18.9 Å². The van der Waals surface area contributed by atoms with Crippen LogP contribution in [0.2, 0.25) is 0 Å². The third-order valence-corrected chi connectivity index (χ3v) is 12.5. The van der Waals surface area contributed by atoms with Crippen molar-refractivity contribution < 1.29 is 43.3 Å². The Morgan fingerprint density at radius 3 is 2.47 bits per heavy atom. The van der Waals surface area contributed by atoms with E-state index >= 15 is 0 Å². The van der Waals surface area contributed by atoms with Crippen LogP contribution in [0.4, 0.5) is 5.13 Å². The number of carbonyl (C=O) groups excluding carboxylic acids is 2. The Balaban J connectivity index is 1.34. The fraction of sp³-hybridized carbons (Fsp3) is 0.553. The molecule has 2 saturated carbocycles. The fourth-order valence-electron chi connectivity index (χ4n) is 7.22. The van der Waals surface area contributed by atoms with Gasteiger partial charge in [0.2, 0.25) is 18.2 Å². The van der Waals surface area contributed by atoms with Crippen LogP contribution in [0.25, 0.3) is 22.3 Å². The van der Waals surface area contributed by atoms with Crippen molar-refractivity contribution in [3.63, 3.8) is 0 Å². The number of ether oxygens (including phenoxy) is 3. The third kappa shape index (κ3) is 8.92. The molecule has 3 heterocycles. The highest BCUT2D eigenvalue weighted by atomic mass is 32.1. The van der Waals surface area contributed by atoms with Crippen LogP contribution in [0, 0.1) is 5.41 Å². The monoisotopic (exact) mass is 798 g/mol. The highest BCUT2D eigenvalue weighted by Crippen LogP contribution is 2.66. The van der Waals surface area contributed by atoms with Crippen molar-refractivity contribution >= 4 is 46.8 Å². The predicted octanol–water partition coefficient (Wildman–Crippen LogP) is 4.88. The normalized spacial score (nSPS) is 22.8. The summed E-state index contributed by atoms with van der Waals surface area (Å²) < 4.78 is 30.6. The summed E-state index contributed by atoms with van der Waals surface area (Å²) in [6.45, 7) is 13.0. The van der Waals surface area contributed by atoms with Crippen LogP contribution in [0.5, 0.6) is 11.5 Å². The van der Waals surface area contributed by atoms with Gasteiger partial charge in [0.15, 0.2) is 10.4 Å². The first-order chi connectivity index (χ1) is 25.9. The summed E-state index contributed by atoms with van der Waals surface area (Å²) >= 11 is 1.45. The van der Waals surface area contributed by atoms with Gasteiger partial charge in [0.05, 0.1) is 37.0 Å². The van der Waals surface area contributed by atoms with E-state index in [0.29, 0.717) is 33.8 Å². The molecule has 2 aromatic heterocycles. The molecule has 2 amide bonds. The number of aliphatic hydroxyl groups excluding tert-OH is 1. The van der Waals surface area contributed by atoms with Gasteiger partial charge >= 0.3 is 7.60 Å². The molecule has 1 aliphatic heterocycles. The molecule has 6 rings (SSSR count). The molecular weight excluding hydrogens is 747 g/mol. The summed E-state index contributed by atoms with van der Waals surface area (Å²) in [6.07, 6.45) is 1.14. The maximum Gasteiger partial charge on any atom is 0.356 e. The van der Waals surface area contributed by atoms with Gasteiger partial charge in [-0.1, -0.05) is 40.2 Å². The lowest BCUT2D eigenvalue weighted by Crippen LogP contribution is -2.59. The summed E-state index contributed by atoms with van der Waals surface area (Å²) in [5.41, 5.74) is 3.69. The summed E-state index contributed by atoms with van der Waals surface area (Å²) in [5, 5.41) is 21.1. The first-order valence-corrected chi connectivity index (χ1v) is 21.0. The van der Waals surface area contributed by atoms with Crippen molar-refractivity contribution in [1.29, 1.82) is 0 Å². The highest BCUT2D eigenvalue weighted by Gasteiger charge is 2.64. The van der Waals surface area contributed by atoms with Crippen molar-refractivity contribution in [3.8, 4) is 22.9 Å². The Hall–Kier alpha value is -3.85. The molecule has 1 aromatic carbocycles. The Morgan fingerprint density at radius 2 is 1.85 bits per heavy atom. The van der Waals surface area contributed by atoms with E-state index in [1.807, 2.05) is 46.1 Å². The molecule has 5 atom stereocenters. The fourth-order valence-corrected chi connectivity index (χ4v) is 9.12. The van der Waals surface area contributed by atoms with E-state index in [4.69, 9.17) is 24.2 Å². The van der Waals surface area contributed by atoms with Gasteiger partial charge in [0.25, 0.3) is 0 Å². The topological polar surface area (TPSA) is 205 Å². The maximum atomic E-state index is 14.6. The van der Waals surface area contributed by atoms with Gasteiger partial charge in [0.1, 0.15) is 29.3 Å². The smallest absolute Gasteiger partial charge is 0.356 e. The Morgan fingerprint density at radius 1 is 1.13 bits per heavy atom. The van der Waals surface area contributed by atoms with E-state index in [1.54, 1.807) is 25.3 Å². The number of methoxy groups -OCH3 is 1. The van der Waals surface area contributed by atoms with Gasteiger partial charge in [-0.3, -0.25) is 19.5 Å². The number of aliphatic hydroxyl groups is 1. The van der Waals surface area contributed by atoms with Crippen molar-refractivity contribution in [2.45, 2.75) is 115 Å². The Bertz CT molecular complexity index is 2020. The predicted molar refractivity (Wildman–Crippen MR) is 209 cm³/mol. The quantitative estimate of drug-likeness (QED) is 0.0732. The van der Waals surface area contributed by atoms with Gasteiger partial charge in [-0.15, -0.1) is 17.1 Å². The van der Waals surface area contributed by atoms with E-state index < -0.39 is 54.7 Å². The molecule has 0 spiro atoms. The number of likely N-dealkylation sites (tertiary alicyclic amines) is 1. The van der Waals surface area contributed by atoms with E-state index in [2.05, 4.69) is 28.3 Å². The lowest BCUT2D eigenvalue weighted by atomic mass is 9.85. The van der Waals surface area contributed by atoms with E-state index in [0.717, 1.165) is 30.8 Å². The number of carbonyl (C=O) groups is 2. The number of nitrogens with zero attached hydrogens (tertiary/aromatic N) is 3. The minimum atomic E-state index is -4.89. The van der Waals surface area contributed by atoms with Crippen LogP contribution in [-0.4, -0.2) is 97.3 Å². The molecule has 0 radical (unpaired) electrons. The second-order valence-corrected chi connectivity index (χ2v) is 18.5. The largest absolute Gasteiger partial charge is 0.497 e. The van der Waals surface area contributed by atoms with Crippen LogP contribution in [0.3, 0.4) is 0 Å². The molecule has 2 aliphatic carbocycles. The second-order valence-electron chi connectivity index (χ2n) is 15.8. The van der Waals surface area contributed by atoms with Crippen molar-refractivity contribution in [1.82, 2.24) is 25.5 Å². The standard InChI is InChI=1S/C38H51N6O9PS/c1-8-22-18-38(22,54(48,49)50)43-33(45)30-16-25(19-44(30)34(46)32(37(4,5)6)42-36(47)53-23-11-9-10-12-23)52-31-17-28(29-20-55-35(41-29)39-21(2)3)40-27-15-24(51-7)13-14-26(27)31/h13-15,17,20-21,23,25,30,32,36,42,47H,1,9-12,16,18-19H2,2-7H3,(H,39,41)(H,43,45)(H2,48,49,50)/t25-,30+,32-,36?,38+/m1/s1. The Kier molecular flexibility index (Phi) is 11.8. The highest BCUT2D eigenvalue weighted by molar-refractivity contribution is 7.54. The average molecular weight is 799 g/mol. The molecule has 298 valence electrons. The average Bonchev–Trinajstić information content (AvgIpc) is 3.50. The zero-order valence-electron chi connectivity index (χ0n) is 32.0. The van der Waals surface area contributed by atoms with Crippen LogP contribution in [0.15, 0.2) is 47.5 Å². The lowest BCUT2D eigenvalue weighted by molar-refractivity contribution is -0.169. The summed E-state index contributed by atoms with van der Waals surface area (Å²) in [4.78, 5) is 60.2. The molecule has 3 fully saturated rings. The van der Waals surface area contributed by atoms with Gasteiger partial charge in [-0.2, -0.15) is 0 Å². The first-order valence-electron chi connectivity index (χ1n) is 18.5. The van der Waals surface area contributed by atoms with Gasteiger partial charge in [-0.25, -0.2) is 9.97 Å². The number of fused-ring (bicyclic) bond motifs is 1. The van der Waals surface area contributed by atoms with Crippen molar-refractivity contribution in [2.75, 3.05) is 19.0 Å². The lowest BCUT2D eigenvalue weighted by Gasteiger charge is -2.37. The Labute approximate surface area is 324 Å². The molecule has 0 bridgehead atoms. The first kappa shape index (κ1) is 40.8. The summed E-state index contributed by atoms with van der Waals surface area (Å²) in [6, 6.07) is 5.13. The second kappa shape index (κ2) is 16.0. The van der Waals surface area contributed by atoms with E-state index in [9.17, 15) is 29.0 Å². The number of rotatable bonds is 14. The maximum absolute atomic E-state index is 14.6. The van der Waals surface area contributed by atoms with Gasteiger partial charge in [0, 0.05) is 47.4 Å². The molecule has 1 unspecified atom stereocenters. The molecular formula is C38H51N6O9PS. The van der Waals surface area contributed by atoms with Crippen LogP contribution < -0.4 is 25.4 Å². The minimum absolute atomic E-state index is 0.00555. The number of thiazole rings is 1. The van der Waals surface area contributed by atoms with Crippen molar-refractivity contribution in [2.24, 2.45) is 5.41 Å². The molecule has 15 nitrogen and oxygen atoms in total. The SMILES string of the molecule is C=C=C1C[C@]1(NC(=O)[C@@H]1C[C@@H](Oc2cc(-c3csc(NC(C)C)n3)nc3cc(OC)ccc23)CN1C(=O)[C@@H](NC(O)OC1CCCC1)C(C)(C)C)P(=O)(O)O. The zero-order valence-corrected chi connectivity index (χ0v) is 33.7. The number of benzene rings is 1. The number of hydrogen-bond donors (Lipinski definition) is 6. The van der Waals surface area contributed by atoms with E-state index in [1.165, 1.54) is 16.2 Å². The third-order valence-electron chi connectivity index (χ3n) is 10.2. The van der Waals surface area contributed by atoms with Crippen LogP contribution in [0.1, 0.15) is 73.1 Å². The number of pyridine rings is 1.